The Bertz CT molecular complexity index is 724. The molecule has 0 fully saturated rings. The molecule has 0 atom stereocenters. The van der Waals surface area contributed by atoms with Gasteiger partial charge in [0.1, 0.15) is 12.4 Å². The summed E-state index contributed by atoms with van der Waals surface area (Å²) in [7, 11) is 0. The summed E-state index contributed by atoms with van der Waals surface area (Å²) in [5.74, 6) is 0.980. The fourth-order valence-electron chi connectivity index (χ4n) is 2.46. The lowest BCUT2D eigenvalue weighted by atomic mass is 10.1. The maximum Gasteiger partial charge on any atom is 0.125 e. The summed E-state index contributed by atoms with van der Waals surface area (Å²) >= 11 is 0. The summed E-state index contributed by atoms with van der Waals surface area (Å²) in [6.07, 6.45) is 1.84. The van der Waals surface area contributed by atoms with E-state index >= 15 is 0 Å². The van der Waals surface area contributed by atoms with Crippen LogP contribution in [0.25, 0.3) is 10.9 Å². The fourth-order valence-corrected chi connectivity index (χ4v) is 2.46. The van der Waals surface area contributed by atoms with Gasteiger partial charge in [-0.25, -0.2) is 0 Å². The molecule has 0 bridgehead atoms. The zero-order chi connectivity index (χ0) is 13.9. The van der Waals surface area contributed by atoms with E-state index in [4.69, 9.17) is 4.74 Å². The van der Waals surface area contributed by atoms with Crippen LogP contribution in [-0.2, 0) is 6.61 Å². The zero-order valence-corrected chi connectivity index (χ0v) is 11.8. The van der Waals surface area contributed by atoms with Gasteiger partial charge in [-0.1, -0.05) is 36.4 Å². The maximum atomic E-state index is 6.03. The number of benzene rings is 2. The summed E-state index contributed by atoms with van der Waals surface area (Å²) < 4.78 is 6.03. The second kappa shape index (κ2) is 5.33. The Balaban J connectivity index is 1.91. The molecule has 3 rings (SSSR count). The number of fused-ring (bicyclic) bond motifs is 1. The van der Waals surface area contributed by atoms with E-state index in [2.05, 4.69) is 43.1 Å². The van der Waals surface area contributed by atoms with Crippen molar-refractivity contribution in [3.8, 4) is 5.75 Å². The van der Waals surface area contributed by atoms with Gasteiger partial charge >= 0.3 is 0 Å². The monoisotopic (exact) mass is 263 g/mol. The molecule has 0 saturated heterocycles. The van der Waals surface area contributed by atoms with Gasteiger partial charge in [-0.3, -0.25) is 4.98 Å². The predicted octanol–water partition coefficient (Wildman–Crippen LogP) is 4.43. The van der Waals surface area contributed by atoms with Crippen molar-refractivity contribution >= 4 is 10.9 Å². The van der Waals surface area contributed by atoms with Crippen molar-refractivity contribution in [3.05, 3.63) is 71.4 Å². The molecule has 0 spiro atoms. The second-order valence-electron chi connectivity index (χ2n) is 5.00. The summed E-state index contributed by atoms with van der Waals surface area (Å²) in [5.41, 5.74) is 4.51. The largest absolute Gasteiger partial charge is 0.488 e. The molecule has 1 aromatic heterocycles. The normalized spacial score (nSPS) is 10.7. The van der Waals surface area contributed by atoms with Crippen molar-refractivity contribution in [1.29, 1.82) is 0 Å². The molecule has 0 amide bonds. The van der Waals surface area contributed by atoms with Crippen molar-refractivity contribution in [1.82, 2.24) is 4.98 Å². The lowest BCUT2D eigenvalue weighted by Gasteiger charge is -2.13. The van der Waals surface area contributed by atoms with E-state index in [9.17, 15) is 0 Å². The van der Waals surface area contributed by atoms with Crippen LogP contribution in [0.1, 0.15) is 16.7 Å². The first-order valence-electron chi connectivity index (χ1n) is 6.77. The minimum absolute atomic E-state index is 0.564. The number of pyridine rings is 1. The Kier molecular flexibility index (Phi) is 3.38. The predicted molar refractivity (Wildman–Crippen MR) is 82.0 cm³/mol. The molecule has 0 aliphatic carbocycles. The minimum atomic E-state index is 0.564. The topological polar surface area (TPSA) is 22.1 Å². The van der Waals surface area contributed by atoms with Crippen molar-refractivity contribution < 1.29 is 4.74 Å². The molecular weight excluding hydrogens is 246 g/mol. The third-order valence-electron chi connectivity index (χ3n) is 3.52. The number of ether oxygens (including phenoxy) is 1. The molecule has 2 heteroatoms. The molecule has 1 heterocycles. The van der Waals surface area contributed by atoms with E-state index in [1.54, 1.807) is 0 Å². The van der Waals surface area contributed by atoms with Gasteiger partial charge in [0, 0.05) is 17.1 Å². The number of nitrogens with zero attached hydrogens (tertiary/aromatic N) is 1. The first kappa shape index (κ1) is 12.7. The van der Waals surface area contributed by atoms with Gasteiger partial charge in [-0.2, -0.15) is 0 Å². The maximum absolute atomic E-state index is 6.03. The van der Waals surface area contributed by atoms with Crippen LogP contribution in [0.3, 0.4) is 0 Å². The van der Waals surface area contributed by atoms with Crippen LogP contribution in [0.2, 0.25) is 0 Å². The molecule has 0 aliphatic rings. The van der Waals surface area contributed by atoms with Gasteiger partial charge in [0.25, 0.3) is 0 Å². The standard InChI is InChI=1S/C18H17NO/c1-13-6-5-7-14(2)18(13)20-12-15-10-11-19-17-9-4-3-8-16(15)17/h3-11H,12H2,1-2H3. The van der Waals surface area contributed by atoms with Crippen molar-refractivity contribution in [2.75, 3.05) is 0 Å². The van der Waals surface area contributed by atoms with E-state index in [-0.39, 0.29) is 0 Å². The van der Waals surface area contributed by atoms with Crippen LogP contribution in [0.15, 0.2) is 54.7 Å². The van der Waals surface area contributed by atoms with Gasteiger partial charge < -0.3 is 4.74 Å². The Hall–Kier alpha value is -2.35. The zero-order valence-electron chi connectivity index (χ0n) is 11.8. The van der Waals surface area contributed by atoms with Crippen molar-refractivity contribution in [2.45, 2.75) is 20.5 Å². The van der Waals surface area contributed by atoms with Gasteiger partial charge in [0.15, 0.2) is 0 Å². The molecule has 3 aromatic rings. The first-order valence-corrected chi connectivity index (χ1v) is 6.77. The highest BCUT2D eigenvalue weighted by molar-refractivity contribution is 5.81. The van der Waals surface area contributed by atoms with E-state index in [1.807, 2.05) is 30.5 Å². The number of para-hydroxylation sites is 2. The fraction of sp³-hybridized carbons (Fsp3) is 0.167. The minimum Gasteiger partial charge on any atom is -0.488 e. The highest BCUT2D eigenvalue weighted by Gasteiger charge is 2.06. The molecule has 20 heavy (non-hydrogen) atoms. The molecule has 100 valence electrons. The molecule has 0 saturated carbocycles. The second-order valence-corrected chi connectivity index (χ2v) is 5.00. The average Bonchev–Trinajstić information content (AvgIpc) is 2.47. The van der Waals surface area contributed by atoms with Gasteiger partial charge in [0.2, 0.25) is 0 Å². The van der Waals surface area contributed by atoms with Crippen LogP contribution in [0.4, 0.5) is 0 Å². The summed E-state index contributed by atoms with van der Waals surface area (Å²) in [4.78, 5) is 4.38. The molecule has 0 aliphatic heterocycles. The first-order chi connectivity index (χ1) is 9.75. The summed E-state index contributed by atoms with van der Waals surface area (Å²) in [6.45, 7) is 4.72. The van der Waals surface area contributed by atoms with E-state index < -0.39 is 0 Å². The smallest absolute Gasteiger partial charge is 0.125 e. The third kappa shape index (κ3) is 2.37. The number of aromatic nitrogens is 1. The molecule has 2 nitrogen and oxygen atoms in total. The van der Waals surface area contributed by atoms with Gasteiger partial charge in [0.05, 0.1) is 5.52 Å². The quantitative estimate of drug-likeness (QED) is 0.697. The SMILES string of the molecule is Cc1cccc(C)c1OCc1ccnc2ccccc12. The number of hydrogen-bond acceptors (Lipinski definition) is 2. The Morgan fingerprint density at radius 2 is 1.65 bits per heavy atom. The van der Waals surface area contributed by atoms with Crippen LogP contribution >= 0.6 is 0 Å². The molecule has 2 aromatic carbocycles. The van der Waals surface area contributed by atoms with Crippen LogP contribution < -0.4 is 4.74 Å². The third-order valence-corrected chi connectivity index (χ3v) is 3.52. The van der Waals surface area contributed by atoms with Gasteiger partial charge in [-0.15, -0.1) is 0 Å². The van der Waals surface area contributed by atoms with Crippen LogP contribution in [-0.4, -0.2) is 4.98 Å². The summed E-state index contributed by atoms with van der Waals surface area (Å²) in [5, 5.41) is 1.15. The van der Waals surface area contributed by atoms with Crippen molar-refractivity contribution in [3.63, 3.8) is 0 Å². The number of hydrogen-bond donors (Lipinski definition) is 0. The lowest BCUT2D eigenvalue weighted by Crippen LogP contribution is -2.00. The Morgan fingerprint density at radius 1 is 0.900 bits per heavy atom. The molecule has 0 radical (unpaired) electrons. The lowest BCUT2D eigenvalue weighted by molar-refractivity contribution is 0.303. The van der Waals surface area contributed by atoms with E-state index in [0.29, 0.717) is 6.61 Å². The molecular formula is C18H17NO. The average molecular weight is 263 g/mol. The van der Waals surface area contributed by atoms with E-state index in [1.165, 1.54) is 16.7 Å². The number of rotatable bonds is 3. The Labute approximate surface area is 119 Å². The van der Waals surface area contributed by atoms with Crippen molar-refractivity contribution in [2.24, 2.45) is 0 Å². The number of aryl methyl sites for hydroxylation is 2. The highest BCUT2D eigenvalue weighted by atomic mass is 16.5. The van der Waals surface area contributed by atoms with E-state index in [0.717, 1.165) is 16.7 Å². The molecule has 0 N–H and O–H groups in total. The molecule has 0 unspecified atom stereocenters. The van der Waals surface area contributed by atoms with Crippen LogP contribution in [0, 0.1) is 13.8 Å². The van der Waals surface area contributed by atoms with Gasteiger partial charge in [-0.05, 0) is 37.1 Å². The van der Waals surface area contributed by atoms with Crippen LogP contribution in [0.5, 0.6) is 5.75 Å². The summed E-state index contributed by atoms with van der Waals surface area (Å²) in [6, 6.07) is 16.4. The highest BCUT2D eigenvalue weighted by Crippen LogP contribution is 2.24. The Morgan fingerprint density at radius 3 is 2.45 bits per heavy atom.